The Kier molecular flexibility index (Phi) is 7.36. The first-order chi connectivity index (χ1) is 8.77. The lowest BCUT2D eigenvalue weighted by Crippen LogP contribution is -2.41. The van der Waals surface area contributed by atoms with Gasteiger partial charge >= 0.3 is 0 Å². The van der Waals surface area contributed by atoms with E-state index in [0.717, 1.165) is 12.8 Å². The summed E-state index contributed by atoms with van der Waals surface area (Å²) in [5.41, 5.74) is 1.60. The number of allylic oxidation sites excluding steroid dienone is 1. The van der Waals surface area contributed by atoms with Crippen LogP contribution in [0.3, 0.4) is 0 Å². The minimum atomic E-state index is -0.148. The number of rotatable bonds is 3. The second kappa shape index (κ2) is 8.88. The van der Waals surface area contributed by atoms with Crippen molar-refractivity contribution in [3.05, 3.63) is 12.3 Å². The van der Waals surface area contributed by atoms with Crippen LogP contribution < -0.4 is 5.32 Å². The van der Waals surface area contributed by atoms with Crippen molar-refractivity contribution in [2.75, 3.05) is 20.3 Å². The van der Waals surface area contributed by atoms with Crippen LogP contribution >= 0.6 is 11.8 Å². The number of ether oxygens (including phenoxy) is 1. The van der Waals surface area contributed by atoms with E-state index in [1.165, 1.54) is 11.8 Å². The normalized spacial score (nSPS) is 18.7. The van der Waals surface area contributed by atoms with Gasteiger partial charge in [-0.15, -0.1) is 0 Å². The van der Waals surface area contributed by atoms with Crippen LogP contribution in [0.1, 0.15) is 19.8 Å². The van der Waals surface area contributed by atoms with Crippen molar-refractivity contribution in [2.24, 2.45) is 9.98 Å². The Labute approximate surface area is 112 Å². The van der Waals surface area contributed by atoms with Crippen LogP contribution in [0.25, 0.3) is 0 Å². The number of carbonyl (C=O) groups excluding carboxylic acids is 1. The molecule has 1 saturated heterocycles. The molecular formula is C12H19N3O2S. The summed E-state index contributed by atoms with van der Waals surface area (Å²) in [6, 6.07) is 0.182. The van der Waals surface area contributed by atoms with E-state index in [1.54, 1.807) is 24.9 Å². The predicted octanol–water partition coefficient (Wildman–Crippen LogP) is 1.60. The summed E-state index contributed by atoms with van der Waals surface area (Å²) in [7, 11) is 1.66. The molecule has 0 spiro atoms. The van der Waals surface area contributed by atoms with E-state index in [-0.39, 0.29) is 11.9 Å². The molecule has 0 aromatic carbocycles. The number of hydrogen-bond donors (Lipinski definition) is 1. The minimum absolute atomic E-state index is 0.148. The lowest BCUT2D eigenvalue weighted by Gasteiger charge is -2.23. The first-order valence-electron chi connectivity index (χ1n) is 5.92. The molecule has 1 aliphatic rings. The Hall–Kier alpha value is -1.14. The Bertz CT molecular complexity index is 347. The molecule has 1 fully saturated rings. The van der Waals surface area contributed by atoms with Crippen molar-refractivity contribution in [2.45, 2.75) is 25.8 Å². The zero-order valence-electron chi connectivity index (χ0n) is 10.8. The fourth-order valence-corrected chi connectivity index (χ4v) is 1.97. The third kappa shape index (κ3) is 5.46. The van der Waals surface area contributed by atoms with E-state index in [2.05, 4.69) is 15.3 Å². The zero-order chi connectivity index (χ0) is 13.2. The highest BCUT2D eigenvalue weighted by atomic mass is 32.2. The highest BCUT2D eigenvalue weighted by Gasteiger charge is 2.19. The van der Waals surface area contributed by atoms with Gasteiger partial charge in [0.1, 0.15) is 0 Å². The van der Waals surface area contributed by atoms with Crippen LogP contribution in [-0.4, -0.2) is 42.8 Å². The van der Waals surface area contributed by atoms with Crippen molar-refractivity contribution in [3.63, 3.8) is 0 Å². The molecule has 0 atom stereocenters. The van der Waals surface area contributed by atoms with E-state index < -0.39 is 0 Å². The van der Waals surface area contributed by atoms with Gasteiger partial charge in [-0.1, -0.05) is 17.8 Å². The highest BCUT2D eigenvalue weighted by molar-refractivity contribution is 8.26. The van der Waals surface area contributed by atoms with Gasteiger partial charge in [0.15, 0.2) is 5.04 Å². The molecule has 6 heteroatoms. The first-order valence-corrected chi connectivity index (χ1v) is 6.80. The molecule has 1 N–H and O–H groups in total. The molecule has 0 aliphatic carbocycles. The molecule has 18 heavy (non-hydrogen) atoms. The Morgan fingerprint density at radius 2 is 2.17 bits per heavy atom. The Morgan fingerprint density at radius 3 is 2.78 bits per heavy atom. The molecule has 100 valence electrons. The van der Waals surface area contributed by atoms with Crippen molar-refractivity contribution in [1.82, 2.24) is 5.32 Å². The van der Waals surface area contributed by atoms with E-state index >= 15 is 0 Å². The van der Waals surface area contributed by atoms with Gasteiger partial charge in [-0.3, -0.25) is 9.79 Å². The number of aliphatic imine (C=N–C) groups is 2. The molecule has 0 bridgehead atoms. The van der Waals surface area contributed by atoms with E-state index in [4.69, 9.17) is 4.74 Å². The monoisotopic (exact) mass is 269 g/mol. The van der Waals surface area contributed by atoms with Gasteiger partial charge in [-0.05, 0) is 19.8 Å². The average Bonchev–Trinajstić information content (AvgIpc) is 2.40. The second-order valence-corrected chi connectivity index (χ2v) is 4.59. The maximum absolute atomic E-state index is 12.0. The number of nitrogens with one attached hydrogen (secondary N) is 1. The van der Waals surface area contributed by atoms with Crippen LogP contribution in [0.15, 0.2) is 22.3 Å². The standard InChI is InChI=1S/C12H19N3O2S/c1-3-6-14-12(18-9-13-2)11(16)15-10-4-7-17-8-5-10/h3,6,9-10H,4-5,7-8H2,1-2H3,(H,15,16)/b6-3+,13-9?,14-12?. The Morgan fingerprint density at radius 1 is 1.44 bits per heavy atom. The van der Waals surface area contributed by atoms with Crippen LogP contribution in [0.2, 0.25) is 0 Å². The molecule has 0 saturated carbocycles. The van der Waals surface area contributed by atoms with Gasteiger partial charge in [0.2, 0.25) is 0 Å². The molecule has 1 amide bonds. The van der Waals surface area contributed by atoms with Crippen molar-refractivity contribution >= 4 is 28.3 Å². The van der Waals surface area contributed by atoms with Crippen molar-refractivity contribution in [1.29, 1.82) is 0 Å². The van der Waals surface area contributed by atoms with Crippen molar-refractivity contribution in [3.8, 4) is 0 Å². The first kappa shape index (κ1) is 14.9. The van der Waals surface area contributed by atoms with E-state index in [1.807, 2.05) is 6.92 Å². The molecular weight excluding hydrogens is 250 g/mol. The maximum atomic E-state index is 12.0. The number of carbonyl (C=O) groups is 1. The number of amides is 1. The molecule has 1 heterocycles. The maximum Gasteiger partial charge on any atom is 0.277 e. The second-order valence-electron chi connectivity index (χ2n) is 3.76. The fraction of sp³-hybridized carbons (Fsp3) is 0.583. The molecule has 1 rings (SSSR count). The van der Waals surface area contributed by atoms with Crippen LogP contribution in [0, 0.1) is 0 Å². The van der Waals surface area contributed by atoms with Crippen LogP contribution in [0.5, 0.6) is 0 Å². The van der Waals surface area contributed by atoms with Gasteiger partial charge < -0.3 is 10.1 Å². The molecule has 0 aromatic rings. The summed E-state index contributed by atoms with van der Waals surface area (Å²) >= 11 is 1.22. The molecule has 0 aromatic heterocycles. The van der Waals surface area contributed by atoms with Gasteiger partial charge in [-0.2, -0.15) is 0 Å². The molecule has 0 unspecified atom stereocenters. The van der Waals surface area contributed by atoms with E-state index in [0.29, 0.717) is 18.3 Å². The zero-order valence-corrected chi connectivity index (χ0v) is 11.6. The molecule has 0 radical (unpaired) electrons. The highest BCUT2D eigenvalue weighted by Crippen LogP contribution is 2.08. The summed E-state index contributed by atoms with van der Waals surface area (Å²) in [5, 5.41) is 3.38. The molecule has 5 nitrogen and oxygen atoms in total. The lowest BCUT2D eigenvalue weighted by molar-refractivity contribution is -0.115. The summed E-state index contributed by atoms with van der Waals surface area (Å²) in [6.07, 6.45) is 5.10. The predicted molar refractivity (Wildman–Crippen MR) is 76.2 cm³/mol. The third-order valence-electron chi connectivity index (χ3n) is 2.36. The number of hydrogen-bond acceptors (Lipinski definition) is 5. The smallest absolute Gasteiger partial charge is 0.277 e. The summed E-state index contributed by atoms with van der Waals surface area (Å²) in [6.45, 7) is 3.27. The van der Waals surface area contributed by atoms with Gasteiger partial charge in [-0.25, -0.2) is 4.99 Å². The largest absolute Gasteiger partial charge is 0.381 e. The molecule has 1 aliphatic heterocycles. The van der Waals surface area contributed by atoms with Crippen LogP contribution in [-0.2, 0) is 9.53 Å². The quantitative estimate of drug-likeness (QED) is 0.625. The summed E-state index contributed by atoms with van der Waals surface area (Å²) < 4.78 is 5.25. The lowest BCUT2D eigenvalue weighted by atomic mass is 10.1. The topological polar surface area (TPSA) is 63.0 Å². The van der Waals surface area contributed by atoms with Gasteiger partial charge in [0.05, 0.1) is 5.55 Å². The van der Waals surface area contributed by atoms with Gasteiger partial charge in [0.25, 0.3) is 5.91 Å². The average molecular weight is 269 g/mol. The number of nitrogens with zero attached hydrogens (tertiary/aromatic N) is 2. The van der Waals surface area contributed by atoms with Gasteiger partial charge in [0, 0.05) is 32.5 Å². The minimum Gasteiger partial charge on any atom is -0.381 e. The fourth-order valence-electron chi connectivity index (χ4n) is 1.48. The SMILES string of the molecule is C/C=C/N=C(SC=NC)C(=O)NC1CCOCC1. The van der Waals surface area contributed by atoms with Crippen molar-refractivity contribution < 1.29 is 9.53 Å². The summed E-state index contributed by atoms with van der Waals surface area (Å²) in [5.74, 6) is -0.148. The Balaban J connectivity index is 2.57. The van der Waals surface area contributed by atoms with Crippen LogP contribution in [0.4, 0.5) is 0 Å². The van der Waals surface area contributed by atoms with E-state index in [9.17, 15) is 4.79 Å². The summed E-state index contributed by atoms with van der Waals surface area (Å²) in [4.78, 5) is 20.0. The third-order valence-corrected chi connectivity index (χ3v) is 3.19. The number of thioether (sulfide) groups is 1.